The number of rotatable bonds is 8. The van der Waals surface area contributed by atoms with Crippen LogP contribution in [0.4, 0.5) is 5.69 Å². The van der Waals surface area contributed by atoms with Gasteiger partial charge in [0, 0.05) is 25.2 Å². The number of anilines is 1. The average molecular weight is 331 g/mol. The topological polar surface area (TPSA) is 49.2 Å². The Morgan fingerprint density at radius 2 is 1.83 bits per heavy atom. The summed E-state index contributed by atoms with van der Waals surface area (Å²) in [5.41, 5.74) is 2.31. The fourth-order valence-electron chi connectivity index (χ4n) is 2.48. The zero-order valence-electron chi connectivity index (χ0n) is 14.1. The molecule has 0 saturated heterocycles. The third-order valence-electron chi connectivity index (χ3n) is 3.60. The molecule has 0 bridgehead atoms. The molecule has 6 heteroatoms. The third-order valence-corrected chi connectivity index (χ3v) is 3.87. The molecule has 1 aromatic carbocycles. The molecule has 0 aliphatic rings. The lowest BCUT2D eigenvalue weighted by molar-refractivity contribution is 0.745. The molecule has 124 valence electrons. The minimum absolute atomic E-state index is 0.520. The molecular formula is C17H25N5S. The Morgan fingerprint density at radius 1 is 1.17 bits per heavy atom. The maximum Gasteiger partial charge on any atom is 0.216 e. The predicted octanol–water partition coefficient (Wildman–Crippen LogP) is 4.01. The van der Waals surface area contributed by atoms with E-state index in [2.05, 4.69) is 58.3 Å². The zero-order chi connectivity index (χ0) is 16.7. The summed E-state index contributed by atoms with van der Waals surface area (Å²) in [5, 5.41) is 11.4. The average Bonchev–Trinajstić information content (AvgIpc) is 2.93. The molecule has 0 fully saturated rings. The molecule has 0 unspecified atom stereocenters. The van der Waals surface area contributed by atoms with E-state index in [1.54, 1.807) is 4.68 Å². The fourth-order valence-corrected chi connectivity index (χ4v) is 2.68. The van der Waals surface area contributed by atoms with Crippen LogP contribution in [0.15, 0.2) is 29.4 Å². The van der Waals surface area contributed by atoms with Crippen LogP contribution in [0, 0.1) is 4.77 Å². The maximum absolute atomic E-state index is 5.19. The first-order valence-electron chi connectivity index (χ1n) is 8.25. The molecule has 1 aromatic heterocycles. The van der Waals surface area contributed by atoms with Crippen molar-refractivity contribution in [2.75, 3.05) is 18.0 Å². The number of benzene rings is 1. The lowest BCUT2D eigenvalue weighted by atomic mass is 10.2. The first kappa shape index (κ1) is 17.4. The van der Waals surface area contributed by atoms with E-state index in [4.69, 9.17) is 12.2 Å². The van der Waals surface area contributed by atoms with E-state index in [0.29, 0.717) is 4.77 Å². The van der Waals surface area contributed by atoms with Gasteiger partial charge in [0.2, 0.25) is 4.77 Å². The first-order chi connectivity index (χ1) is 11.2. The molecule has 0 spiro atoms. The molecule has 0 saturated carbocycles. The van der Waals surface area contributed by atoms with Gasteiger partial charge < -0.3 is 4.90 Å². The van der Waals surface area contributed by atoms with Crippen molar-refractivity contribution in [2.24, 2.45) is 5.10 Å². The van der Waals surface area contributed by atoms with Gasteiger partial charge in [0.25, 0.3) is 0 Å². The summed E-state index contributed by atoms with van der Waals surface area (Å²) in [7, 11) is 0. The number of aryl methyl sites for hydroxylation is 1. The van der Waals surface area contributed by atoms with E-state index in [-0.39, 0.29) is 0 Å². The van der Waals surface area contributed by atoms with E-state index in [1.807, 2.05) is 13.1 Å². The van der Waals surface area contributed by atoms with Crippen molar-refractivity contribution in [1.29, 1.82) is 0 Å². The van der Waals surface area contributed by atoms with Crippen LogP contribution >= 0.6 is 12.2 Å². The molecule has 23 heavy (non-hydrogen) atoms. The van der Waals surface area contributed by atoms with Gasteiger partial charge in [-0.05, 0) is 42.8 Å². The van der Waals surface area contributed by atoms with Crippen molar-refractivity contribution in [3.63, 3.8) is 0 Å². The van der Waals surface area contributed by atoms with E-state index < -0.39 is 0 Å². The largest absolute Gasteiger partial charge is 0.372 e. The van der Waals surface area contributed by atoms with Gasteiger partial charge in [-0.15, -0.1) is 0 Å². The van der Waals surface area contributed by atoms with Crippen LogP contribution in [-0.4, -0.2) is 34.2 Å². The molecule has 0 aliphatic heterocycles. The monoisotopic (exact) mass is 331 g/mol. The summed E-state index contributed by atoms with van der Waals surface area (Å²) in [4.78, 5) is 2.42. The number of hydrogen-bond donors (Lipinski definition) is 1. The highest BCUT2D eigenvalue weighted by atomic mass is 32.1. The van der Waals surface area contributed by atoms with Crippen LogP contribution in [0.2, 0.25) is 0 Å². The molecule has 0 aliphatic carbocycles. The van der Waals surface area contributed by atoms with Crippen molar-refractivity contribution in [3.8, 4) is 0 Å². The Kier molecular flexibility index (Phi) is 6.52. The van der Waals surface area contributed by atoms with Crippen molar-refractivity contribution in [3.05, 3.63) is 40.4 Å². The van der Waals surface area contributed by atoms with Crippen molar-refractivity contribution in [2.45, 2.75) is 40.0 Å². The molecule has 0 radical (unpaired) electrons. The van der Waals surface area contributed by atoms with Gasteiger partial charge in [0.05, 0.1) is 6.21 Å². The van der Waals surface area contributed by atoms with Gasteiger partial charge in [-0.2, -0.15) is 14.9 Å². The highest BCUT2D eigenvalue weighted by molar-refractivity contribution is 7.71. The van der Waals surface area contributed by atoms with Crippen molar-refractivity contribution in [1.82, 2.24) is 14.9 Å². The van der Waals surface area contributed by atoms with Crippen LogP contribution in [0.1, 0.15) is 45.0 Å². The van der Waals surface area contributed by atoms with Crippen LogP contribution in [0.25, 0.3) is 0 Å². The summed E-state index contributed by atoms with van der Waals surface area (Å²) in [6.45, 7) is 8.63. The van der Waals surface area contributed by atoms with Crippen molar-refractivity contribution < 1.29 is 0 Å². The van der Waals surface area contributed by atoms with E-state index >= 15 is 0 Å². The number of H-pyrrole nitrogens is 1. The molecule has 0 atom stereocenters. The molecule has 2 rings (SSSR count). The molecule has 1 heterocycles. The lowest BCUT2D eigenvalue weighted by Gasteiger charge is -2.23. The molecule has 0 amide bonds. The minimum Gasteiger partial charge on any atom is -0.372 e. The maximum atomic E-state index is 5.19. The Balaban J connectivity index is 2.14. The number of nitrogens with one attached hydrogen (secondary N) is 1. The summed E-state index contributed by atoms with van der Waals surface area (Å²) in [6, 6.07) is 8.49. The lowest BCUT2D eigenvalue weighted by Crippen LogP contribution is -2.24. The fraction of sp³-hybridized carbons (Fsp3) is 0.471. The van der Waals surface area contributed by atoms with E-state index in [1.165, 1.54) is 5.69 Å². The smallest absolute Gasteiger partial charge is 0.216 e. The highest BCUT2D eigenvalue weighted by Crippen LogP contribution is 2.15. The van der Waals surface area contributed by atoms with Crippen LogP contribution in [0.5, 0.6) is 0 Å². The molecular weight excluding hydrogens is 306 g/mol. The Labute approximate surface area is 143 Å². The Bertz CT molecular complexity index is 678. The molecule has 5 nitrogen and oxygen atoms in total. The standard InChI is InChI=1S/C17H25N5S/c1-4-11-21(12-5-2)15-9-7-14(8-10-15)13-18-22-16(6-3)19-20-17(22)23/h7-10,13H,4-6,11-12H2,1-3H3,(H,20,23)/b18-13-. The second-order valence-electron chi connectivity index (χ2n) is 5.43. The Morgan fingerprint density at radius 3 is 2.39 bits per heavy atom. The quantitative estimate of drug-likeness (QED) is 0.587. The van der Waals surface area contributed by atoms with Crippen LogP contribution in [0.3, 0.4) is 0 Å². The normalized spacial score (nSPS) is 11.3. The number of aromatic nitrogens is 3. The Hall–Kier alpha value is -1.95. The number of nitrogens with zero attached hydrogens (tertiary/aromatic N) is 4. The zero-order valence-corrected chi connectivity index (χ0v) is 14.9. The van der Waals surface area contributed by atoms with Gasteiger partial charge in [-0.3, -0.25) is 5.10 Å². The molecule has 2 aromatic rings. The van der Waals surface area contributed by atoms with Crippen LogP contribution < -0.4 is 4.90 Å². The SMILES string of the molecule is CCCN(CCC)c1ccc(/C=N\n2c(CC)n[nH]c2=S)cc1. The van der Waals surface area contributed by atoms with Gasteiger partial charge in [-0.1, -0.05) is 32.9 Å². The number of aromatic amines is 1. The van der Waals surface area contributed by atoms with E-state index in [0.717, 1.165) is 43.7 Å². The summed E-state index contributed by atoms with van der Waals surface area (Å²) in [6.07, 6.45) is 4.91. The third kappa shape index (κ3) is 4.51. The predicted molar refractivity (Wildman–Crippen MR) is 99.0 cm³/mol. The van der Waals surface area contributed by atoms with Gasteiger partial charge >= 0.3 is 0 Å². The second kappa shape index (κ2) is 8.62. The first-order valence-corrected chi connectivity index (χ1v) is 8.66. The van der Waals surface area contributed by atoms with Crippen LogP contribution in [-0.2, 0) is 6.42 Å². The number of hydrogen-bond acceptors (Lipinski definition) is 4. The summed E-state index contributed by atoms with van der Waals surface area (Å²) in [5.74, 6) is 0.833. The second-order valence-corrected chi connectivity index (χ2v) is 5.82. The van der Waals surface area contributed by atoms with Gasteiger partial charge in [0.15, 0.2) is 5.82 Å². The summed E-state index contributed by atoms with van der Waals surface area (Å²) >= 11 is 5.19. The van der Waals surface area contributed by atoms with Crippen molar-refractivity contribution >= 4 is 24.1 Å². The van der Waals surface area contributed by atoms with E-state index in [9.17, 15) is 0 Å². The molecule has 1 N–H and O–H groups in total. The highest BCUT2D eigenvalue weighted by Gasteiger charge is 2.04. The van der Waals surface area contributed by atoms with Gasteiger partial charge in [0.1, 0.15) is 0 Å². The van der Waals surface area contributed by atoms with Gasteiger partial charge in [-0.25, -0.2) is 0 Å². The summed E-state index contributed by atoms with van der Waals surface area (Å²) < 4.78 is 2.19. The minimum atomic E-state index is 0.520.